The normalized spacial score (nSPS) is 19.0. The van der Waals surface area contributed by atoms with Crippen LogP contribution in [0.2, 0.25) is 0 Å². The van der Waals surface area contributed by atoms with Crippen molar-refractivity contribution in [2.45, 2.75) is 65.0 Å². The van der Waals surface area contributed by atoms with Crippen LogP contribution in [0, 0.1) is 5.92 Å². The quantitative estimate of drug-likeness (QED) is 0.664. The smallest absolute Gasteiger partial charge is 0.0597 e. The fraction of sp³-hybridized carbons (Fsp3) is 1.00. The van der Waals surface area contributed by atoms with Gasteiger partial charge in [0.1, 0.15) is 0 Å². The van der Waals surface area contributed by atoms with Gasteiger partial charge < -0.3 is 10.4 Å². The molecule has 1 saturated carbocycles. The first-order valence-electron chi connectivity index (χ1n) is 7.75. The molecule has 108 valence electrons. The van der Waals surface area contributed by atoms with Crippen LogP contribution in [0.4, 0.5) is 0 Å². The van der Waals surface area contributed by atoms with Crippen molar-refractivity contribution >= 4 is 0 Å². The van der Waals surface area contributed by atoms with Crippen molar-refractivity contribution < 1.29 is 5.11 Å². The Morgan fingerprint density at radius 2 is 1.89 bits per heavy atom. The molecule has 1 aliphatic carbocycles. The average Bonchev–Trinajstić information content (AvgIpc) is 2.86. The maximum Gasteiger partial charge on any atom is 0.0597 e. The molecule has 0 spiro atoms. The number of hydrogen-bond donors (Lipinski definition) is 2. The van der Waals surface area contributed by atoms with Gasteiger partial charge in [-0.05, 0) is 31.7 Å². The van der Waals surface area contributed by atoms with E-state index >= 15 is 0 Å². The first kappa shape index (κ1) is 15.9. The first-order valence-corrected chi connectivity index (χ1v) is 7.75. The number of aliphatic hydroxyl groups excluding tert-OH is 1. The number of aliphatic hydroxyl groups is 1. The van der Waals surface area contributed by atoms with E-state index in [1.54, 1.807) is 0 Å². The van der Waals surface area contributed by atoms with Crippen LogP contribution >= 0.6 is 0 Å². The molecule has 3 heteroatoms. The predicted octanol–water partition coefficient (Wildman–Crippen LogP) is 2.25. The molecule has 0 heterocycles. The van der Waals surface area contributed by atoms with Crippen LogP contribution < -0.4 is 5.32 Å². The zero-order chi connectivity index (χ0) is 13.4. The monoisotopic (exact) mass is 256 g/mol. The van der Waals surface area contributed by atoms with Crippen molar-refractivity contribution in [2.24, 2.45) is 5.92 Å². The van der Waals surface area contributed by atoms with Gasteiger partial charge in [0.15, 0.2) is 0 Å². The highest BCUT2D eigenvalue weighted by Gasteiger charge is 2.25. The van der Waals surface area contributed by atoms with Crippen molar-refractivity contribution in [1.82, 2.24) is 10.2 Å². The third kappa shape index (κ3) is 5.68. The van der Waals surface area contributed by atoms with Crippen LogP contribution in [0.3, 0.4) is 0 Å². The Kier molecular flexibility index (Phi) is 7.87. The zero-order valence-electron chi connectivity index (χ0n) is 12.5. The average molecular weight is 256 g/mol. The summed E-state index contributed by atoms with van der Waals surface area (Å²) >= 11 is 0. The Labute approximate surface area is 113 Å². The van der Waals surface area contributed by atoms with Gasteiger partial charge in [-0.15, -0.1) is 0 Å². The van der Waals surface area contributed by atoms with E-state index in [0.29, 0.717) is 5.92 Å². The minimum Gasteiger partial charge on any atom is -0.395 e. The van der Waals surface area contributed by atoms with E-state index < -0.39 is 0 Å². The minimum atomic E-state index is 0.240. The summed E-state index contributed by atoms with van der Waals surface area (Å²) in [6, 6.07) is 0.995. The topological polar surface area (TPSA) is 35.5 Å². The van der Waals surface area contributed by atoms with E-state index in [0.717, 1.165) is 32.1 Å². The Morgan fingerprint density at radius 1 is 1.22 bits per heavy atom. The minimum absolute atomic E-state index is 0.240. The van der Waals surface area contributed by atoms with Gasteiger partial charge in [-0.1, -0.05) is 33.6 Å². The highest BCUT2D eigenvalue weighted by molar-refractivity contribution is 4.81. The van der Waals surface area contributed by atoms with E-state index in [4.69, 9.17) is 0 Å². The molecule has 0 amide bonds. The lowest BCUT2D eigenvalue weighted by molar-refractivity contribution is 0.132. The maximum atomic E-state index is 9.49. The molecular formula is C15H32N2O. The highest BCUT2D eigenvalue weighted by Crippen LogP contribution is 2.24. The molecule has 0 bridgehead atoms. The molecule has 1 atom stereocenters. The molecule has 0 aromatic heterocycles. The molecular weight excluding hydrogens is 224 g/mol. The summed E-state index contributed by atoms with van der Waals surface area (Å²) in [6.07, 6.45) is 6.58. The maximum absolute atomic E-state index is 9.49. The van der Waals surface area contributed by atoms with Gasteiger partial charge in [0.05, 0.1) is 6.61 Å². The van der Waals surface area contributed by atoms with Crippen LogP contribution in [-0.4, -0.2) is 48.3 Å². The molecule has 1 rings (SSSR count). The van der Waals surface area contributed by atoms with Crippen LogP contribution in [-0.2, 0) is 0 Å². The second kappa shape index (κ2) is 8.89. The molecule has 3 nitrogen and oxygen atoms in total. The summed E-state index contributed by atoms with van der Waals surface area (Å²) in [5.41, 5.74) is 0. The molecule has 0 radical (unpaired) electrons. The van der Waals surface area contributed by atoms with Gasteiger partial charge >= 0.3 is 0 Å². The van der Waals surface area contributed by atoms with Crippen LogP contribution in [0.25, 0.3) is 0 Å². The van der Waals surface area contributed by atoms with Gasteiger partial charge in [-0.2, -0.15) is 0 Å². The first-order chi connectivity index (χ1) is 8.67. The summed E-state index contributed by atoms with van der Waals surface area (Å²) in [7, 11) is 0. The zero-order valence-corrected chi connectivity index (χ0v) is 12.5. The van der Waals surface area contributed by atoms with Gasteiger partial charge in [0.25, 0.3) is 0 Å². The SMILES string of the molecule is CCCNC(CO)CN(CC(C)C)C1CCCC1. The van der Waals surface area contributed by atoms with Gasteiger partial charge in [-0.25, -0.2) is 0 Å². The van der Waals surface area contributed by atoms with Crippen molar-refractivity contribution in [3.63, 3.8) is 0 Å². The molecule has 1 fully saturated rings. The Morgan fingerprint density at radius 3 is 2.39 bits per heavy atom. The summed E-state index contributed by atoms with van der Waals surface area (Å²) < 4.78 is 0. The Bertz CT molecular complexity index is 203. The second-order valence-electron chi connectivity index (χ2n) is 6.12. The Balaban J connectivity index is 2.46. The largest absolute Gasteiger partial charge is 0.395 e. The highest BCUT2D eigenvalue weighted by atomic mass is 16.3. The molecule has 18 heavy (non-hydrogen) atoms. The lowest BCUT2D eigenvalue weighted by Gasteiger charge is -2.33. The van der Waals surface area contributed by atoms with Crippen LogP contribution in [0.15, 0.2) is 0 Å². The standard InChI is InChI=1S/C15H32N2O/c1-4-9-16-14(12-18)11-17(10-13(2)3)15-7-5-6-8-15/h13-16,18H,4-12H2,1-3H3. The fourth-order valence-electron chi connectivity index (χ4n) is 2.93. The summed E-state index contributed by atoms with van der Waals surface area (Å²) in [4.78, 5) is 2.61. The number of nitrogens with one attached hydrogen (secondary N) is 1. The predicted molar refractivity (Wildman–Crippen MR) is 77.8 cm³/mol. The fourth-order valence-corrected chi connectivity index (χ4v) is 2.93. The molecule has 0 aromatic carbocycles. The molecule has 0 aromatic rings. The number of hydrogen-bond acceptors (Lipinski definition) is 3. The summed E-state index contributed by atoms with van der Waals surface area (Å²) in [5.74, 6) is 0.705. The van der Waals surface area contributed by atoms with E-state index in [9.17, 15) is 5.11 Å². The van der Waals surface area contributed by atoms with Crippen molar-refractivity contribution in [3.8, 4) is 0 Å². The number of nitrogens with zero attached hydrogens (tertiary/aromatic N) is 1. The second-order valence-corrected chi connectivity index (χ2v) is 6.12. The lowest BCUT2D eigenvalue weighted by atomic mass is 10.1. The van der Waals surface area contributed by atoms with Crippen LogP contribution in [0.5, 0.6) is 0 Å². The van der Waals surface area contributed by atoms with Crippen molar-refractivity contribution in [1.29, 1.82) is 0 Å². The third-order valence-corrected chi connectivity index (χ3v) is 3.80. The van der Waals surface area contributed by atoms with E-state index in [-0.39, 0.29) is 12.6 Å². The summed E-state index contributed by atoms with van der Waals surface area (Å²) in [6.45, 7) is 10.2. The van der Waals surface area contributed by atoms with E-state index in [2.05, 4.69) is 31.0 Å². The lowest BCUT2D eigenvalue weighted by Crippen LogP contribution is -2.48. The van der Waals surface area contributed by atoms with Crippen LogP contribution in [0.1, 0.15) is 52.9 Å². The molecule has 1 unspecified atom stereocenters. The third-order valence-electron chi connectivity index (χ3n) is 3.80. The van der Waals surface area contributed by atoms with Gasteiger partial charge in [-0.3, -0.25) is 4.90 Å². The van der Waals surface area contributed by atoms with E-state index in [1.165, 1.54) is 25.7 Å². The molecule has 0 aliphatic heterocycles. The van der Waals surface area contributed by atoms with Gasteiger partial charge in [0, 0.05) is 25.2 Å². The number of rotatable bonds is 9. The molecule has 2 N–H and O–H groups in total. The Hall–Kier alpha value is -0.120. The molecule has 0 saturated heterocycles. The van der Waals surface area contributed by atoms with Gasteiger partial charge in [0.2, 0.25) is 0 Å². The van der Waals surface area contributed by atoms with E-state index in [1.807, 2.05) is 0 Å². The summed E-state index contributed by atoms with van der Waals surface area (Å²) in [5, 5.41) is 12.9. The van der Waals surface area contributed by atoms with Crippen molar-refractivity contribution in [2.75, 3.05) is 26.2 Å². The molecule has 1 aliphatic rings. The van der Waals surface area contributed by atoms with Crippen molar-refractivity contribution in [3.05, 3.63) is 0 Å².